The van der Waals surface area contributed by atoms with Gasteiger partial charge in [0.15, 0.2) is 0 Å². The lowest BCUT2D eigenvalue weighted by atomic mass is 9.91. The minimum absolute atomic E-state index is 0.0694. The second-order valence-corrected chi connectivity index (χ2v) is 27.8. The van der Waals surface area contributed by atoms with Gasteiger partial charge in [0.05, 0.1) is 65.9 Å². The summed E-state index contributed by atoms with van der Waals surface area (Å²) in [5, 5.41) is 0. The molecule has 28 nitrogen and oxygen atoms in total. The van der Waals surface area contributed by atoms with E-state index in [0.29, 0.717) is 124 Å². The zero-order chi connectivity index (χ0) is 80.9. The number of esters is 5. The van der Waals surface area contributed by atoms with Gasteiger partial charge in [-0.1, -0.05) is 53.2 Å². The maximum Gasteiger partial charge on any atom is 0.333 e. The van der Waals surface area contributed by atoms with Gasteiger partial charge in [-0.3, -0.25) is 72.4 Å². The van der Waals surface area contributed by atoms with Gasteiger partial charge in [0.1, 0.15) is 19.3 Å². The molecule has 5 heterocycles. The lowest BCUT2D eigenvalue weighted by Crippen LogP contribution is -2.44. The predicted molar refractivity (Wildman–Crippen MR) is 392 cm³/mol. The van der Waals surface area contributed by atoms with E-state index in [-0.39, 0.29) is 149 Å². The molecule has 0 aromatic heterocycles. The Morgan fingerprint density at radius 1 is 0.355 bits per heavy atom. The third-order valence-electron chi connectivity index (χ3n) is 18.1. The highest BCUT2D eigenvalue weighted by Crippen LogP contribution is 2.34. The highest BCUT2D eigenvalue weighted by molar-refractivity contribution is 6.21. The average Bonchev–Trinajstić information content (AvgIpc) is 1.66. The molecule has 107 heavy (non-hydrogen) atoms. The Hall–Kier alpha value is -9.67. The van der Waals surface area contributed by atoms with Gasteiger partial charge in [0.25, 0.3) is 59.1 Å². The number of ether oxygens (including phenoxy) is 8. The zero-order valence-electron chi connectivity index (χ0n) is 65.2. The fourth-order valence-electron chi connectivity index (χ4n) is 11.0. The van der Waals surface area contributed by atoms with Gasteiger partial charge in [0, 0.05) is 108 Å². The van der Waals surface area contributed by atoms with Crippen LogP contribution in [-0.4, -0.2) is 218 Å². The lowest BCUT2D eigenvalue weighted by Gasteiger charge is -2.33. The van der Waals surface area contributed by atoms with Crippen LogP contribution in [0.15, 0.2) is 116 Å². The van der Waals surface area contributed by atoms with Crippen molar-refractivity contribution in [3.05, 3.63) is 116 Å². The molecular weight excluding hydrogens is 1390 g/mol. The van der Waals surface area contributed by atoms with E-state index in [1.54, 1.807) is 90.0 Å². The number of nitrogens with zero attached hydrogens (tertiary/aromatic N) is 5. The summed E-state index contributed by atoms with van der Waals surface area (Å²) in [7, 11) is 0. The van der Waals surface area contributed by atoms with Crippen molar-refractivity contribution in [3.8, 4) is 0 Å². The molecule has 28 heteroatoms. The van der Waals surface area contributed by atoms with Gasteiger partial charge in [-0.05, 0) is 161 Å². The standard InChI is InChI=1S/C18H25NO4.C16H23NO6.C16H21NO4.C15H21NO4.C14H19NO5/c1-13(2)18(22)23-12-8-4-3-7-11-19-16(20)14-9-5-6-10-15(14)17(19)21;1-11(2)16(20)23-10-9-22-8-7-21-6-5-17-14(18)12(3)13(4)15(17)19;1-9(2)16(20)21-13-7-5-12(6-8-13)17-14(18)10(3)11(4)15(17)19;1-9(2)14(19)20-8-15(5,6)7-16-12(17)10(3)11(4)13(16)18;1-9(2)14(18)20-8-7-19-6-5-15-12(16)10(3)11(4)13(15)17/h1,3-12H2,2H3;1,5-10H2,2-4H3;12-13H,1,5-8H2,2-4H3;1,7-8H2,2-6H3;1,5-8H2,2-4H3. The van der Waals surface area contributed by atoms with Gasteiger partial charge in [-0.15, -0.1) is 0 Å². The Morgan fingerprint density at radius 2 is 0.664 bits per heavy atom. The van der Waals surface area contributed by atoms with Gasteiger partial charge in [-0.2, -0.15) is 0 Å². The van der Waals surface area contributed by atoms with E-state index in [1.165, 1.54) is 19.6 Å². The molecule has 0 aromatic rings. The summed E-state index contributed by atoms with van der Waals surface area (Å²) in [4.78, 5) is 182. The Balaban J connectivity index is 0.000000347. The van der Waals surface area contributed by atoms with Crippen molar-refractivity contribution in [1.29, 1.82) is 0 Å². The van der Waals surface area contributed by atoms with Crippen LogP contribution in [-0.2, 0) is 110 Å². The van der Waals surface area contributed by atoms with E-state index >= 15 is 0 Å². The summed E-state index contributed by atoms with van der Waals surface area (Å²) in [6.07, 6.45) is 9.46. The maximum absolute atomic E-state index is 12.2. The third-order valence-corrected chi connectivity index (χ3v) is 18.1. The molecular formula is C79H109N5O23. The molecule has 0 radical (unpaired) electrons. The minimum Gasteiger partial charge on any atom is -0.462 e. The molecule has 7 rings (SSSR count). The van der Waals surface area contributed by atoms with E-state index in [4.69, 9.17) is 37.9 Å². The second-order valence-electron chi connectivity index (χ2n) is 27.8. The molecule has 0 N–H and O–H groups in total. The van der Waals surface area contributed by atoms with Crippen LogP contribution in [0, 0.1) is 5.41 Å². The highest BCUT2D eigenvalue weighted by Gasteiger charge is 2.42. The molecule has 0 aromatic carbocycles. The van der Waals surface area contributed by atoms with Crippen LogP contribution in [0.1, 0.15) is 181 Å². The molecule has 5 aliphatic heterocycles. The molecule has 10 amide bonds. The Labute approximate surface area is 627 Å². The minimum atomic E-state index is -0.513. The molecule has 588 valence electrons. The van der Waals surface area contributed by atoms with Crippen LogP contribution in [0.3, 0.4) is 0 Å². The predicted octanol–water partition coefficient (Wildman–Crippen LogP) is 8.54. The van der Waals surface area contributed by atoms with Crippen LogP contribution >= 0.6 is 0 Å². The van der Waals surface area contributed by atoms with E-state index < -0.39 is 23.3 Å². The van der Waals surface area contributed by atoms with Gasteiger partial charge >= 0.3 is 29.8 Å². The molecule has 0 unspecified atom stereocenters. The first-order chi connectivity index (χ1) is 50.1. The summed E-state index contributed by atoms with van der Waals surface area (Å²) >= 11 is 0. The summed E-state index contributed by atoms with van der Waals surface area (Å²) in [6.45, 7) is 45.9. The number of imide groups is 5. The average molecular weight is 1500 g/mol. The molecule has 0 bridgehead atoms. The van der Waals surface area contributed by atoms with Crippen LogP contribution < -0.4 is 0 Å². The van der Waals surface area contributed by atoms with Crippen molar-refractivity contribution < 1.29 is 110 Å². The first-order valence-corrected chi connectivity index (χ1v) is 35.8. The number of hydrogen-bond acceptors (Lipinski definition) is 23. The van der Waals surface area contributed by atoms with Gasteiger partial charge in [-0.25, -0.2) is 24.0 Å². The number of carbonyl (C=O) groups is 15. The summed E-state index contributed by atoms with van der Waals surface area (Å²) in [5.74, 6) is -4.21. The number of rotatable bonds is 33. The van der Waals surface area contributed by atoms with E-state index in [0.717, 1.165) is 67.4 Å². The van der Waals surface area contributed by atoms with Crippen molar-refractivity contribution >= 4 is 88.9 Å². The molecule has 0 spiro atoms. The Bertz CT molecular complexity index is 3570. The Morgan fingerprint density at radius 3 is 1.04 bits per heavy atom. The normalized spacial score (nSPS) is 17.9. The monoisotopic (exact) mass is 1500 g/mol. The van der Waals surface area contributed by atoms with Crippen LogP contribution in [0.4, 0.5) is 0 Å². The van der Waals surface area contributed by atoms with Crippen molar-refractivity contribution in [1.82, 2.24) is 24.5 Å². The first kappa shape index (κ1) is 91.5. The van der Waals surface area contributed by atoms with E-state index in [2.05, 4.69) is 32.9 Å². The van der Waals surface area contributed by atoms with Crippen LogP contribution in [0.25, 0.3) is 0 Å². The topological polar surface area (TPSA) is 346 Å². The number of amides is 10. The van der Waals surface area contributed by atoms with Crippen molar-refractivity contribution in [3.63, 3.8) is 0 Å². The second kappa shape index (κ2) is 43.8. The summed E-state index contributed by atoms with van der Waals surface area (Å²) in [5.41, 5.74) is 6.76. The van der Waals surface area contributed by atoms with Crippen molar-refractivity contribution in [2.24, 2.45) is 5.41 Å². The largest absolute Gasteiger partial charge is 0.462 e. The fourth-order valence-corrected chi connectivity index (χ4v) is 11.0. The molecule has 0 saturated heterocycles. The molecule has 0 atom stereocenters. The quantitative estimate of drug-likeness (QED) is 0.0195. The smallest absolute Gasteiger partial charge is 0.333 e. The van der Waals surface area contributed by atoms with Crippen molar-refractivity contribution in [2.45, 2.75) is 193 Å². The van der Waals surface area contributed by atoms with Gasteiger partial charge in [0.2, 0.25) is 0 Å². The maximum atomic E-state index is 12.2. The van der Waals surface area contributed by atoms with Crippen LogP contribution in [0.2, 0.25) is 0 Å². The molecule has 1 fully saturated rings. The Kier molecular flexibility index (Phi) is 37.5. The fraction of sp³-hybridized carbons (Fsp3) is 0.557. The zero-order valence-corrected chi connectivity index (χ0v) is 65.2. The number of unbranched alkanes of at least 4 members (excludes halogenated alkanes) is 3. The lowest BCUT2D eigenvalue weighted by molar-refractivity contribution is -0.149. The molecule has 7 aliphatic rings. The van der Waals surface area contributed by atoms with E-state index in [1.807, 2.05) is 13.8 Å². The highest BCUT2D eigenvalue weighted by atomic mass is 16.6. The number of carbonyl (C=O) groups excluding carboxylic acids is 15. The summed E-state index contributed by atoms with van der Waals surface area (Å²) in [6, 6.07) is -0.0859. The van der Waals surface area contributed by atoms with Gasteiger partial charge < -0.3 is 37.9 Å². The number of hydrogen-bond donors (Lipinski definition) is 0. The van der Waals surface area contributed by atoms with Crippen LogP contribution in [0.5, 0.6) is 0 Å². The first-order valence-electron chi connectivity index (χ1n) is 35.8. The SMILES string of the molecule is C=C(C)C(=O)OC1CCC(N2C(=O)C(C)=C(C)C2=O)CC1.C=C(C)C(=O)OCC(C)(C)CN1C(=O)C(C)=C(C)C1=O.C=C(C)C(=O)OCCCCCCN1C(=O)C2=C(CCCC2)C1=O.C=C(C)C(=O)OCCOCCN1C(=O)C(C)=C(C)C1=O.C=C(C)C(=O)OCCOCCOCCN1C(=O)C(C)=C(C)C1=O. The summed E-state index contributed by atoms with van der Waals surface area (Å²) < 4.78 is 40.9. The molecule has 2 aliphatic carbocycles. The van der Waals surface area contributed by atoms with Crippen molar-refractivity contribution in [2.75, 3.05) is 92.2 Å². The van der Waals surface area contributed by atoms with E-state index in [9.17, 15) is 71.9 Å². The third kappa shape index (κ3) is 27.3. The molecule has 1 saturated carbocycles.